The van der Waals surface area contributed by atoms with Crippen LogP contribution in [0.5, 0.6) is 11.5 Å². The molecule has 160 valence electrons. The Balaban J connectivity index is 1.93. The summed E-state index contributed by atoms with van der Waals surface area (Å²) in [7, 11) is 3.10. The molecule has 2 aromatic carbocycles. The van der Waals surface area contributed by atoms with E-state index in [1.165, 1.54) is 37.1 Å². The number of esters is 1. The first-order valence-corrected chi connectivity index (χ1v) is 9.53. The quantitative estimate of drug-likeness (QED) is 0.460. The number of halogens is 1. The number of methoxy groups -OCH3 is 1. The summed E-state index contributed by atoms with van der Waals surface area (Å²) in [6.45, 7) is 4.09. The molecule has 6 nitrogen and oxygen atoms in total. The van der Waals surface area contributed by atoms with Gasteiger partial charge in [0.05, 0.1) is 13.7 Å². The Morgan fingerprint density at radius 2 is 1.93 bits per heavy atom. The molecule has 0 spiro atoms. The van der Waals surface area contributed by atoms with Crippen molar-refractivity contribution in [2.45, 2.75) is 26.5 Å². The zero-order chi connectivity index (χ0) is 22.1. The lowest BCUT2D eigenvalue weighted by atomic mass is 10.2. The van der Waals surface area contributed by atoms with Crippen LogP contribution in [0.15, 0.2) is 48.5 Å². The molecule has 0 N–H and O–H groups in total. The average molecular weight is 415 g/mol. The van der Waals surface area contributed by atoms with Crippen LogP contribution in [0.3, 0.4) is 0 Å². The SMILES string of the molecule is CCOc1ccc(/C=C/C(=O)OC(C)C(=O)N(C)Cc2cccc(F)c2)cc1OC. The molecule has 0 saturated carbocycles. The van der Waals surface area contributed by atoms with Crippen LogP contribution in [0.2, 0.25) is 0 Å². The van der Waals surface area contributed by atoms with Crippen LogP contribution in [0.4, 0.5) is 4.39 Å². The van der Waals surface area contributed by atoms with Crippen LogP contribution < -0.4 is 9.47 Å². The molecule has 0 aromatic heterocycles. The number of hydrogen-bond donors (Lipinski definition) is 0. The van der Waals surface area contributed by atoms with Gasteiger partial charge >= 0.3 is 5.97 Å². The van der Waals surface area contributed by atoms with Crippen molar-refractivity contribution in [3.05, 3.63) is 65.5 Å². The van der Waals surface area contributed by atoms with Crippen molar-refractivity contribution in [3.8, 4) is 11.5 Å². The molecule has 0 saturated heterocycles. The van der Waals surface area contributed by atoms with Gasteiger partial charge < -0.3 is 19.1 Å². The first kappa shape index (κ1) is 22.9. The first-order chi connectivity index (χ1) is 14.3. The van der Waals surface area contributed by atoms with Crippen molar-refractivity contribution < 1.29 is 28.2 Å². The second-order valence-corrected chi connectivity index (χ2v) is 6.58. The highest BCUT2D eigenvalue weighted by Crippen LogP contribution is 2.28. The molecule has 0 aliphatic carbocycles. The van der Waals surface area contributed by atoms with E-state index in [1.807, 2.05) is 6.92 Å². The Morgan fingerprint density at radius 1 is 1.17 bits per heavy atom. The van der Waals surface area contributed by atoms with E-state index in [9.17, 15) is 14.0 Å². The van der Waals surface area contributed by atoms with Gasteiger partial charge in [-0.3, -0.25) is 4.79 Å². The summed E-state index contributed by atoms with van der Waals surface area (Å²) in [5.41, 5.74) is 1.36. The summed E-state index contributed by atoms with van der Waals surface area (Å²) in [6, 6.07) is 11.2. The maximum absolute atomic E-state index is 13.3. The molecule has 30 heavy (non-hydrogen) atoms. The fourth-order valence-corrected chi connectivity index (χ4v) is 2.79. The predicted molar refractivity (Wildman–Crippen MR) is 112 cm³/mol. The molecule has 0 bridgehead atoms. The molecular weight excluding hydrogens is 389 g/mol. The molecule has 2 aromatic rings. The van der Waals surface area contributed by atoms with E-state index in [4.69, 9.17) is 14.2 Å². The van der Waals surface area contributed by atoms with E-state index in [0.29, 0.717) is 23.7 Å². The van der Waals surface area contributed by atoms with E-state index < -0.39 is 12.1 Å². The predicted octanol–water partition coefficient (Wildman–Crippen LogP) is 3.84. The summed E-state index contributed by atoms with van der Waals surface area (Å²) in [5, 5.41) is 0. The Morgan fingerprint density at radius 3 is 2.60 bits per heavy atom. The Hall–Kier alpha value is -3.35. The van der Waals surface area contributed by atoms with Gasteiger partial charge in [0, 0.05) is 19.7 Å². The second kappa shape index (κ2) is 11.0. The molecule has 1 unspecified atom stereocenters. The molecule has 1 atom stereocenters. The number of hydrogen-bond acceptors (Lipinski definition) is 5. The highest BCUT2D eigenvalue weighted by atomic mass is 19.1. The highest BCUT2D eigenvalue weighted by Gasteiger charge is 2.21. The lowest BCUT2D eigenvalue weighted by Crippen LogP contribution is -2.36. The Labute approximate surface area is 175 Å². The molecular formula is C23H26FNO5. The van der Waals surface area contributed by atoms with Crippen molar-refractivity contribution in [1.29, 1.82) is 0 Å². The number of carbonyl (C=O) groups is 2. The van der Waals surface area contributed by atoms with Crippen molar-refractivity contribution in [3.63, 3.8) is 0 Å². The third-order valence-corrected chi connectivity index (χ3v) is 4.23. The number of rotatable bonds is 9. The van der Waals surface area contributed by atoms with Crippen molar-refractivity contribution in [2.75, 3.05) is 20.8 Å². The molecule has 7 heteroatoms. The van der Waals surface area contributed by atoms with Crippen LogP contribution >= 0.6 is 0 Å². The third kappa shape index (κ3) is 6.62. The normalized spacial score (nSPS) is 11.8. The zero-order valence-corrected chi connectivity index (χ0v) is 17.6. The van der Waals surface area contributed by atoms with Gasteiger partial charge in [0.15, 0.2) is 17.6 Å². The van der Waals surface area contributed by atoms with Gasteiger partial charge in [0.25, 0.3) is 5.91 Å². The fourth-order valence-electron chi connectivity index (χ4n) is 2.79. The first-order valence-electron chi connectivity index (χ1n) is 9.53. The number of nitrogens with zero attached hydrogens (tertiary/aromatic N) is 1. The van der Waals surface area contributed by atoms with Crippen LogP contribution in [0, 0.1) is 5.82 Å². The molecule has 0 fully saturated rings. The van der Waals surface area contributed by atoms with E-state index in [2.05, 4.69) is 0 Å². The van der Waals surface area contributed by atoms with Gasteiger partial charge in [-0.15, -0.1) is 0 Å². The topological polar surface area (TPSA) is 65.1 Å². The van der Waals surface area contributed by atoms with Crippen molar-refractivity contribution in [2.24, 2.45) is 0 Å². The summed E-state index contributed by atoms with van der Waals surface area (Å²) in [6.07, 6.45) is 1.83. The van der Waals surface area contributed by atoms with Crippen LogP contribution in [-0.4, -0.2) is 43.6 Å². The van der Waals surface area contributed by atoms with Crippen LogP contribution in [-0.2, 0) is 20.9 Å². The standard InChI is InChI=1S/C23H26FNO5/c1-5-29-20-11-9-17(14-21(20)28-4)10-12-22(26)30-16(2)23(27)25(3)15-18-7-6-8-19(24)13-18/h6-14,16H,5,15H2,1-4H3/b12-10+. The van der Waals surface area contributed by atoms with E-state index in [0.717, 1.165) is 5.56 Å². The lowest BCUT2D eigenvalue weighted by Gasteiger charge is -2.21. The molecule has 0 heterocycles. The lowest BCUT2D eigenvalue weighted by molar-refractivity contribution is -0.154. The summed E-state index contributed by atoms with van der Waals surface area (Å²) >= 11 is 0. The van der Waals surface area contributed by atoms with Crippen LogP contribution in [0.25, 0.3) is 6.08 Å². The summed E-state index contributed by atoms with van der Waals surface area (Å²) < 4.78 is 29.2. The van der Waals surface area contributed by atoms with Gasteiger partial charge in [-0.05, 0) is 55.3 Å². The van der Waals surface area contributed by atoms with Gasteiger partial charge in [-0.25, -0.2) is 9.18 Å². The van der Waals surface area contributed by atoms with Crippen molar-refractivity contribution >= 4 is 18.0 Å². The minimum atomic E-state index is -0.976. The van der Waals surface area contributed by atoms with Crippen LogP contribution in [0.1, 0.15) is 25.0 Å². The number of amides is 1. The summed E-state index contributed by atoms with van der Waals surface area (Å²) in [4.78, 5) is 25.9. The second-order valence-electron chi connectivity index (χ2n) is 6.58. The number of benzene rings is 2. The highest BCUT2D eigenvalue weighted by molar-refractivity contribution is 5.90. The van der Waals surface area contributed by atoms with Gasteiger partial charge in [0.1, 0.15) is 5.82 Å². The minimum Gasteiger partial charge on any atom is -0.493 e. The Bertz CT molecular complexity index is 912. The monoisotopic (exact) mass is 415 g/mol. The molecule has 0 radical (unpaired) electrons. The van der Waals surface area contributed by atoms with Gasteiger partial charge in [-0.1, -0.05) is 18.2 Å². The maximum atomic E-state index is 13.3. The van der Waals surface area contributed by atoms with E-state index >= 15 is 0 Å². The smallest absolute Gasteiger partial charge is 0.331 e. The van der Waals surface area contributed by atoms with Gasteiger partial charge in [0.2, 0.25) is 0 Å². The van der Waals surface area contributed by atoms with Crippen molar-refractivity contribution in [1.82, 2.24) is 4.90 Å². The maximum Gasteiger partial charge on any atom is 0.331 e. The Kier molecular flexibility index (Phi) is 8.41. The molecule has 2 rings (SSSR count). The van der Waals surface area contributed by atoms with Gasteiger partial charge in [-0.2, -0.15) is 0 Å². The molecule has 0 aliphatic heterocycles. The fraction of sp³-hybridized carbons (Fsp3) is 0.304. The minimum absolute atomic E-state index is 0.209. The number of ether oxygens (including phenoxy) is 3. The zero-order valence-electron chi connectivity index (χ0n) is 17.6. The molecule has 1 amide bonds. The average Bonchev–Trinajstić information content (AvgIpc) is 2.72. The van der Waals surface area contributed by atoms with E-state index in [-0.39, 0.29) is 18.3 Å². The molecule has 0 aliphatic rings. The van der Waals surface area contributed by atoms with E-state index in [1.54, 1.807) is 43.5 Å². The number of carbonyl (C=O) groups excluding carboxylic acids is 2. The number of likely N-dealkylation sites (N-methyl/N-ethyl adjacent to an activating group) is 1. The largest absolute Gasteiger partial charge is 0.493 e. The third-order valence-electron chi connectivity index (χ3n) is 4.23. The summed E-state index contributed by atoms with van der Waals surface area (Å²) in [5.74, 6) is -0.245.